The molecule has 0 radical (unpaired) electrons. The second kappa shape index (κ2) is 6.67. The van der Waals surface area contributed by atoms with Gasteiger partial charge in [-0.1, -0.05) is 47.0 Å². The Bertz CT molecular complexity index is 719. The van der Waals surface area contributed by atoms with Crippen LogP contribution in [0, 0.1) is 0 Å². The number of nitrogens with one attached hydrogen (secondary N) is 1. The summed E-state index contributed by atoms with van der Waals surface area (Å²) >= 11 is 4.33. The molecule has 0 bridgehead atoms. The molecule has 0 spiro atoms. The summed E-state index contributed by atoms with van der Waals surface area (Å²) in [6, 6.07) is 7.29. The van der Waals surface area contributed by atoms with Crippen LogP contribution in [0.4, 0.5) is 11.4 Å². The van der Waals surface area contributed by atoms with Crippen LogP contribution in [0.5, 0.6) is 0 Å². The van der Waals surface area contributed by atoms with Gasteiger partial charge in [0, 0.05) is 0 Å². The minimum Gasteiger partial charge on any atom is -0.323 e. The average molecular weight is 352 g/mol. The SMILES string of the molecule is CSc1nnc(SCC(=O)N2CC(=O)Nc3ccccc32)s1. The Labute approximate surface area is 139 Å². The number of benzene rings is 1. The molecule has 0 aliphatic carbocycles. The van der Waals surface area contributed by atoms with Crippen molar-refractivity contribution in [2.45, 2.75) is 8.68 Å². The van der Waals surface area contributed by atoms with Crippen LogP contribution in [-0.2, 0) is 9.59 Å². The summed E-state index contributed by atoms with van der Waals surface area (Å²) in [5.74, 6) is -0.0733. The quantitative estimate of drug-likeness (QED) is 0.851. The maximum atomic E-state index is 12.4. The van der Waals surface area contributed by atoms with Gasteiger partial charge >= 0.3 is 0 Å². The summed E-state index contributed by atoms with van der Waals surface area (Å²) in [6.07, 6.45) is 1.93. The van der Waals surface area contributed by atoms with E-state index in [0.29, 0.717) is 5.69 Å². The van der Waals surface area contributed by atoms with Gasteiger partial charge in [0.25, 0.3) is 0 Å². The molecule has 0 atom stereocenters. The number of hydrogen-bond acceptors (Lipinski definition) is 7. The van der Waals surface area contributed by atoms with Crippen molar-refractivity contribution >= 4 is 58.0 Å². The number of anilines is 2. The zero-order chi connectivity index (χ0) is 15.5. The van der Waals surface area contributed by atoms with E-state index in [1.165, 1.54) is 39.8 Å². The topological polar surface area (TPSA) is 75.2 Å². The van der Waals surface area contributed by atoms with Gasteiger partial charge in [-0.25, -0.2) is 0 Å². The fraction of sp³-hybridized carbons (Fsp3) is 0.231. The van der Waals surface area contributed by atoms with Crippen LogP contribution in [0.15, 0.2) is 32.9 Å². The van der Waals surface area contributed by atoms with Crippen molar-refractivity contribution in [2.24, 2.45) is 0 Å². The Kier molecular flexibility index (Phi) is 4.65. The summed E-state index contributed by atoms with van der Waals surface area (Å²) in [7, 11) is 0. The second-order valence-corrected chi connectivity index (χ2v) is 7.63. The molecule has 0 saturated heterocycles. The Morgan fingerprint density at radius 3 is 2.91 bits per heavy atom. The third kappa shape index (κ3) is 3.26. The largest absolute Gasteiger partial charge is 0.323 e. The fourth-order valence-electron chi connectivity index (χ4n) is 2.00. The molecule has 2 amide bonds. The van der Waals surface area contributed by atoms with Gasteiger partial charge in [-0.2, -0.15) is 0 Å². The smallest absolute Gasteiger partial charge is 0.244 e. The van der Waals surface area contributed by atoms with Gasteiger partial charge in [0.15, 0.2) is 8.68 Å². The minimum absolute atomic E-state index is 0.0442. The molecule has 2 heterocycles. The van der Waals surface area contributed by atoms with Gasteiger partial charge in [-0.05, 0) is 18.4 Å². The first kappa shape index (κ1) is 15.3. The monoisotopic (exact) mass is 352 g/mol. The molecule has 3 rings (SSSR count). The van der Waals surface area contributed by atoms with Crippen molar-refractivity contribution in [3.05, 3.63) is 24.3 Å². The maximum Gasteiger partial charge on any atom is 0.244 e. The van der Waals surface area contributed by atoms with Crippen LogP contribution in [0.25, 0.3) is 0 Å². The van der Waals surface area contributed by atoms with E-state index < -0.39 is 0 Å². The van der Waals surface area contributed by atoms with Crippen LogP contribution < -0.4 is 10.2 Å². The van der Waals surface area contributed by atoms with Crippen molar-refractivity contribution < 1.29 is 9.59 Å². The van der Waals surface area contributed by atoms with E-state index in [1.807, 2.05) is 24.5 Å². The van der Waals surface area contributed by atoms with Crippen molar-refractivity contribution in [2.75, 3.05) is 28.8 Å². The molecule has 0 fully saturated rings. The first-order valence-electron chi connectivity index (χ1n) is 6.37. The zero-order valence-electron chi connectivity index (χ0n) is 11.6. The van der Waals surface area contributed by atoms with Gasteiger partial charge in [0.1, 0.15) is 6.54 Å². The number of nitrogens with zero attached hydrogens (tertiary/aromatic N) is 3. The fourth-order valence-corrected chi connectivity index (χ4v) is 4.31. The van der Waals surface area contributed by atoms with Gasteiger partial charge < -0.3 is 10.2 Å². The van der Waals surface area contributed by atoms with E-state index in [9.17, 15) is 9.59 Å². The van der Waals surface area contributed by atoms with Crippen LogP contribution in [0.3, 0.4) is 0 Å². The number of para-hydroxylation sites is 2. The minimum atomic E-state index is -0.183. The van der Waals surface area contributed by atoms with Gasteiger partial charge in [0.05, 0.1) is 17.1 Å². The highest BCUT2D eigenvalue weighted by Gasteiger charge is 2.26. The summed E-state index contributed by atoms with van der Waals surface area (Å²) < 4.78 is 1.63. The first-order chi connectivity index (χ1) is 10.7. The van der Waals surface area contributed by atoms with E-state index >= 15 is 0 Å². The molecule has 114 valence electrons. The van der Waals surface area contributed by atoms with Crippen molar-refractivity contribution in [3.8, 4) is 0 Å². The molecule has 22 heavy (non-hydrogen) atoms. The predicted molar refractivity (Wildman–Crippen MR) is 89.8 cm³/mol. The molecule has 1 N–H and O–H groups in total. The number of carbonyl (C=O) groups is 2. The van der Waals surface area contributed by atoms with Crippen molar-refractivity contribution in [1.29, 1.82) is 0 Å². The highest BCUT2D eigenvalue weighted by molar-refractivity contribution is 8.03. The highest BCUT2D eigenvalue weighted by Crippen LogP contribution is 2.31. The number of fused-ring (bicyclic) bond motifs is 1. The Hall–Kier alpha value is -1.58. The maximum absolute atomic E-state index is 12.4. The number of rotatable bonds is 4. The van der Waals surface area contributed by atoms with E-state index in [0.717, 1.165) is 14.4 Å². The molecule has 1 aromatic heterocycles. The first-order valence-corrected chi connectivity index (χ1v) is 9.39. The van der Waals surface area contributed by atoms with E-state index in [-0.39, 0.29) is 24.1 Å². The zero-order valence-corrected chi connectivity index (χ0v) is 14.1. The lowest BCUT2D eigenvalue weighted by atomic mass is 10.2. The number of hydrogen-bond donors (Lipinski definition) is 1. The lowest BCUT2D eigenvalue weighted by Crippen LogP contribution is -2.43. The number of thioether (sulfide) groups is 2. The molecule has 6 nitrogen and oxygen atoms in total. The molecule has 0 unspecified atom stereocenters. The molecule has 1 aliphatic rings. The number of carbonyl (C=O) groups excluding carboxylic acids is 2. The molecule has 2 aromatic rings. The molecule has 1 aliphatic heterocycles. The third-order valence-electron chi connectivity index (χ3n) is 2.95. The highest BCUT2D eigenvalue weighted by atomic mass is 32.2. The van der Waals surface area contributed by atoms with E-state index in [1.54, 1.807) is 6.07 Å². The van der Waals surface area contributed by atoms with E-state index in [4.69, 9.17) is 0 Å². The van der Waals surface area contributed by atoms with Gasteiger partial charge in [-0.15, -0.1) is 10.2 Å². The van der Waals surface area contributed by atoms with Crippen LogP contribution >= 0.6 is 34.9 Å². The Morgan fingerprint density at radius 2 is 2.14 bits per heavy atom. The van der Waals surface area contributed by atoms with Crippen LogP contribution in [0.1, 0.15) is 0 Å². The summed E-state index contributed by atoms with van der Waals surface area (Å²) in [6.45, 7) is 0.0442. The van der Waals surface area contributed by atoms with Gasteiger partial charge in [0.2, 0.25) is 11.8 Å². The molecule has 9 heteroatoms. The van der Waals surface area contributed by atoms with Crippen molar-refractivity contribution in [1.82, 2.24) is 10.2 Å². The normalized spacial score (nSPS) is 13.7. The second-order valence-electron chi connectivity index (χ2n) is 4.37. The van der Waals surface area contributed by atoms with E-state index in [2.05, 4.69) is 15.5 Å². The van der Waals surface area contributed by atoms with Crippen molar-refractivity contribution in [3.63, 3.8) is 0 Å². The number of amides is 2. The summed E-state index contributed by atoms with van der Waals surface area (Å²) in [5.41, 5.74) is 1.40. The third-order valence-corrected chi connectivity index (χ3v) is 5.97. The summed E-state index contributed by atoms with van der Waals surface area (Å²) in [4.78, 5) is 25.7. The standard InChI is InChI=1S/C13H12N4O2S3/c1-20-12-15-16-13(22-12)21-7-11(19)17-6-10(18)14-8-4-2-3-5-9(8)17/h2-5H,6-7H2,1H3,(H,14,18). The van der Waals surface area contributed by atoms with Crippen LogP contribution in [-0.4, -0.2) is 40.6 Å². The molecular weight excluding hydrogens is 340 g/mol. The van der Waals surface area contributed by atoms with Gasteiger partial charge in [-0.3, -0.25) is 9.59 Å². The lowest BCUT2D eigenvalue weighted by Gasteiger charge is -2.28. The number of aromatic nitrogens is 2. The Balaban J connectivity index is 1.71. The lowest BCUT2D eigenvalue weighted by molar-refractivity contribution is -0.120. The van der Waals surface area contributed by atoms with Crippen LogP contribution in [0.2, 0.25) is 0 Å². The molecular formula is C13H12N4O2S3. The predicted octanol–water partition coefficient (Wildman–Crippen LogP) is 2.34. The Morgan fingerprint density at radius 1 is 1.36 bits per heavy atom. The summed E-state index contributed by atoms with van der Waals surface area (Å²) in [5, 5.41) is 10.8. The average Bonchev–Trinajstić information content (AvgIpc) is 2.99. The molecule has 0 saturated carbocycles. The molecule has 1 aromatic carbocycles.